The third kappa shape index (κ3) is 1.76. The van der Waals surface area contributed by atoms with E-state index in [0.29, 0.717) is 0 Å². The fraction of sp³-hybridized carbons (Fsp3) is 0.455. The Morgan fingerprint density at radius 1 is 1.64 bits per heavy atom. The van der Waals surface area contributed by atoms with Gasteiger partial charge < -0.3 is 4.74 Å². The standard InChI is InChI=1S/C11H13NO2/c1-8(13)14-10-6-2-4-9-5-3-7-12-11(9)10/h3,5,7,10H,2,4,6H2,1H3/t10-/m1/s1. The summed E-state index contributed by atoms with van der Waals surface area (Å²) in [5, 5.41) is 0. The van der Waals surface area contributed by atoms with E-state index < -0.39 is 0 Å². The Bertz CT molecular complexity index is 349. The van der Waals surface area contributed by atoms with Gasteiger partial charge in [0.05, 0.1) is 5.69 Å². The molecule has 0 N–H and O–H groups in total. The third-order valence-electron chi connectivity index (χ3n) is 2.45. The van der Waals surface area contributed by atoms with Crippen LogP contribution in [0.1, 0.15) is 37.1 Å². The van der Waals surface area contributed by atoms with Crippen LogP contribution in [0.15, 0.2) is 18.3 Å². The Morgan fingerprint density at radius 2 is 2.50 bits per heavy atom. The Labute approximate surface area is 83.1 Å². The van der Waals surface area contributed by atoms with Crippen molar-refractivity contribution in [2.45, 2.75) is 32.3 Å². The van der Waals surface area contributed by atoms with Gasteiger partial charge in [-0.1, -0.05) is 6.07 Å². The van der Waals surface area contributed by atoms with E-state index >= 15 is 0 Å². The summed E-state index contributed by atoms with van der Waals surface area (Å²) >= 11 is 0. The van der Waals surface area contributed by atoms with Crippen molar-refractivity contribution in [3.05, 3.63) is 29.6 Å². The van der Waals surface area contributed by atoms with Gasteiger partial charge in [-0.2, -0.15) is 0 Å². The van der Waals surface area contributed by atoms with Crippen LogP contribution in [0.2, 0.25) is 0 Å². The van der Waals surface area contributed by atoms with Crippen LogP contribution in [-0.2, 0) is 16.0 Å². The highest BCUT2D eigenvalue weighted by Gasteiger charge is 2.23. The van der Waals surface area contributed by atoms with Crippen LogP contribution in [0, 0.1) is 0 Å². The molecule has 0 saturated heterocycles. The molecule has 0 saturated carbocycles. The van der Waals surface area contributed by atoms with Gasteiger partial charge in [-0.05, 0) is 30.9 Å². The van der Waals surface area contributed by atoms with E-state index in [-0.39, 0.29) is 12.1 Å². The van der Waals surface area contributed by atoms with E-state index in [2.05, 4.69) is 11.1 Å². The van der Waals surface area contributed by atoms with Gasteiger partial charge in [-0.3, -0.25) is 9.78 Å². The molecular formula is C11H13NO2. The summed E-state index contributed by atoms with van der Waals surface area (Å²) in [5.74, 6) is -0.228. The summed E-state index contributed by atoms with van der Waals surface area (Å²) in [6.45, 7) is 1.44. The molecule has 2 rings (SSSR count). The lowest BCUT2D eigenvalue weighted by Gasteiger charge is -2.23. The van der Waals surface area contributed by atoms with Crippen LogP contribution in [0.4, 0.5) is 0 Å². The van der Waals surface area contributed by atoms with E-state index in [9.17, 15) is 4.79 Å². The summed E-state index contributed by atoms with van der Waals surface area (Å²) in [6, 6.07) is 3.98. The first-order valence-electron chi connectivity index (χ1n) is 4.88. The SMILES string of the molecule is CC(=O)O[C@@H]1CCCc2cccnc21. The number of aryl methyl sites for hydroxylation is 1. The molecule has 1 aromatic heterocycles. The number of hydrogen-bond acceptors (Lipinski definition) is 3. The molecule has 1 aliphatic rings. The molecule has 0 bridgehead atoms. The number of nitrogens with zero attached hydrogens (tertiary/aromatic N) is 1. The molecule has 14 heavy (non-hydrogen) atoms. The van der Waals surface area contributed by atoms with Crippen LogP contribution in [0.3, 0.4) is 0 Å². The molecule has 0 aromatic carbocycles. The van der Waals surface area contributed by atoms with Crippen molar-refractivity contribution in [1.82, 2.24) is 4.98 Å². The summed E-state index contributed by atoms with van der Waals surface area (Å²) in [4.78, 5) is 15.1. The van der Waals surface area contributed by atoms with Crippen LogP contribution in [-0.4, -0.2) is 11.0 Å². The van der Waals surface area contributed by atoms with Crippen molar-refractivity contribution in [3.63, 3.8) is 0 Å². The maximum atomic E-state index is 10.9. The predicted molar refractivity (Wildman–Crippen MR) is 51.7 cm³/mol. The first kappa shape index (κ1) is 9.19. The average Bonchev–Trinajstić information content (AvgIpc) is 2.18. The zero-order chi connectivity index (χ0) is 9.97. The molecule has 1 atom stereocenters. The topological polar surface area (TPSA) is 39.2 Å². The number of rotatable bonds is 1. The number of carbonyl (C=O) groups is 1. The summed E-state index contributed by atoms with van der Waals surface area (Å²) < 4.78 is 5.22. The second-order valence-corrected chi connectivity index (χ2v) is 3.54. The van der Waals surface area contributed by atoms with Gasteiger partial charge in [-0.15, -0.1) is 0 Å². The van der Waals surface area contributed by atoms with Crippen molar-refractivity contribution >= 4 is 5.97 Å². The minimum atomic E-state index is -0.228. The minimum Gasteiger partial charge on any atom is -0.456 e. The van der Waals surface area contributed by atoms with Crippen LogP contribution >= 0.6 is 0 Å². The third-order valence-corrected chi connectivity index (χ3v) is 2.45. The number of esters is 1. The van der Waals surface area contributed by atoms with E-state index in [1.165, 1.54) is 12.5 Å². The largest absolute Gasteiger partial charge is 0.456 e. The quantitative estimate of drug-likeness (QED) is 0.637. The molecule has 0 radical (unpaired) electrons. The van der Waals surface area contributed by atoms with Gasteiger partial charge in [0.1, 0.15) is 6.10 Å². The van der Waals surface area contributed by atoms with E-state index in [1.807, 2.05) is 6.07 Å². The van der Waals surface area contributed by atoms with Gasteiger partial charge in [0.25, 0.3) is 0 Å². The molecule has 74 valence electrons. The van der Waals surface area contributed by atoms with Crippen LogP contribution in [0.5, 0.6) is 0 Å². The minimum absolute atomic E-state index is 0.127. The van der Waals surface area contributed by atoms with E-state index in [4.69, 9.17) is 4.74 Å². The van der Waals surface area contributed by atoms with Gasteiger partial charge in [-0.25, -0.2) is 0 Å². The monoisotopic (exact) mass is 191 g/mol. The Hall–Kier alpha value is -1.38. The zero-order valence-electron chi connectivity index (χ0n) is 8.19. The first-order valence-corrected chi connectivity index (χ1v) is 4.88. The van der Waals surface area contributed by atoms with Gasteiger partial charge in [0, 0.05) is 13.1 Å². The Morgan fingerprint density at radius 3 is 3.29 bits per heavy atom. The summed E-state index contributed by atoms with van der Waals surface area (Å²) in [7, 11) is 0. The highest BCUT2D eigenvalue weighted by molar-refractivity contribution is 5.66. The molecule has 3 nitrogen and oxygen atoms in total. The van der Waals surface area contributed by atoms with Crippen molar-refractivity contribution in [2.24, 2.45) is 0 Å². The predicted octanol–water partition coefficient (Wildman–Crippen LogP) is 2.02. The van der Waals surface area contributed by atoms with Crippen molar-refractivity contribution in [1.29, 1.82) is 0 Å². The molecule has 0 aliphatic heterocycles. The molecule has 0 fully saturated rings. The molecule has 1 aromatic rings. The molecule has 1 heterocycles. The van der Waals surface area contributed by atoms with Crippen molar-refractivity contribution < 1.29 is 9.53 Å². The van der Waals surface area contributed by atoms with Crippen molar-refractivity contribution in [3.8, 4) is 0 Å². The van der Waals surface area contributed by atoms with Gasteiger partial charge >= 0.3 is 5.97 Å². The molecule has 0 amide bonds. The highest BCUT2D eigenvalue weighted by atomic mass is 16.5. The number of fused-ring (bicyclic) bond motifs is 1. The van der Waals surface area contributed by atoms with E-state index in [1.54, 1.807) is 6.20 Å². The Balaban J connectivity index is 2.26. The first-order chi connectivity index (χ1) is 6.77. The summed E-state index contributed by atoms with van der Waals surface area (Å²) in [6.07, 6.45) is 4.62. The van der Waals surface area contributed by atoms with E-state index in [0.717, 1.165) is 25.0 Å². The lowest BCUT2D eigenvalue weighted by Crippen LogP contribution is -2.16. The maximum Gasteiger partial charge on any atom is 0.303 e. The van der Waals surface area contributed by atoms with Gasteiger partial charge in [0.2, 0.25) is 0 Å². The zero-order valence-corrected chi connectivity index (χ0v) is 8.19. The molecule has 3 heteroatoms. The molecular weight excluding hydrogens is 178 g/mol. The fourth-order valence-corrected chi connectivity index (χ4v) is 1.88. The van der Waals surface area contributed by atoms with Gasteiger partial charge in [0.15, 0.2) is 0 Å². The normalized spacial score (nSPS) is 19.9. The Kier molecular flexibility index (Phi) is 2.48. The smallest absolute Gasteiger partial charge is 0.303 e. The number of ether oxygens (including phenoxy) is 1. The lowest BCUT2D eigenvalue weighted by molar-refractivity contribution is -0.147. The lowest BCUT2D eigenvalue weighted by atomic mass is 9.94. The molecule has 0 spiro atoms. The second kappa shape index (κ2) is 3.78. The number of hydrogen-bond donors (Lipinski definition) is 0. The average molecular weight is 191 g/mol. The second-order valence-electron chi connectivity index (χ2n) is 3.54. The maximum absolute atomic E-state index is 10.9. The highest BCUT2D eigenvalue weighted by Crippen LogP contribution is 2.30. The number of carbonyl (C=O) groups excluding carboxylic acids is 1. The van der Waals surface area contributed by atoms with Crippen LogP contribution < -0.4 is 0 Å². The number of pyridine rings is 1. The molecule has 0 unspecified atom stereocenters. The summed E-state index contributed by atoms with van der Waals surface area (Å²) in [5.41, 5.74) is 2.15. The van der Waals surface area contributed by atoms with Crippen LogP contribution in [0.25, 0.3) is 0 Å². The fourth-order valence-electron chi connectivity index (χ4n) is 1.88. The molecule has 1 aliphatic carbocycles. The number of aromatic nitrogens is 1. The van der Waals surface area contributed by atoms with Crippen molar-refractivity contribution in [2.75, 3.05) is 0 Å².